The molecular weight excluding hydrogens is 226 g/mol. The van der Waals surface area contributed by atoms with Crippen LogP contribution in [0.25, 0.3) is 0 Å². The minimum Gasteiger partial charge on any atom is -0.380 e. The Balaban J connectivity index is 2.05. The maximum atomic E-state index is 5.55. The third kappa shape index (κ3) is 6.17. The molecule has 0 aliphatic carbocycles. The first-order valence-corrected chi connectivity index (χ1v) is 7.02. The van der Waals surface area contributed by atoms with Gasteiger partial charge in [0.1, 0.15) is 5.82 Å². The molecule has 4 heteroatoms. The first kappa shape index (κ1) is 15.2. The van der Waals surface area contributed by atoms with Gasteiger partial charge in [0.25, 0.3) is 0 Å². The van der Waals surface area contributed by atoms with E-state index in [0.29, 0.717) is 0 Å². The zero-order chi connectivity index (χ0) is 13.2. The molecule has 1 heterocycles. The maximum absolute atomic E-state index is 5.55. The number of imidazole rings is 1. The molecule has 4 nitrogen and oxygen atoms in total. The van der Waals surface area contributed by atoms with Crippen LogP contribution in [0.5, 0.6) is 0 Å². The molecule has 1 aromatic rings. The lowest BCUT2D eigenvalue weighted by molar-refractivity contribution is 0.125. The van der Waals surface area contributed by atoms with Gasteiger partial charge in [0.15, 0.2) is 0 Å². The summed E-state index contributed by atoms with van der Waals surface area (Å²) in [5.74, 6) is 1.83. The molecule has 0 spiro atoms. The summed E-state index contributed by atoms with van der Waals surface area (Å²) in [6.07, 6.45) is 6.19. The number of rotatable bonds is 10. The summed E-state index contributed by atoms with van der Waals surface area (Å²) >= 11 is 0. The summed E-state index contributed by atoms with van der Waals surface area (Å²) in [6.45, 7) is 11.0. The van der Waals surface area contributed by atoms with E-state index in [1.165, 1.54) is 0 Å². The second-order valence-corrected chi connectivity index (χ2v) is 5.01. The molecule has 0 aliphatic heterocycles. The van der Waals surface area contributed by atoms with Crippen LogP contribution in [0.2, 0.25) is 0 Å². The monoisotopic (exact) mass is 253 g/mol. The van der Waals surface area contributed by atoms with E-state index in [4.69, 9.17) is 4.74 Å². The van der Waals surface area contributed by atoms with E-state index in [9.17, 15) is 0 Å². The summed E-state index contributed by atoms with van der Waals surface area (Å²) in [5, 5.41) is 3.37. The van der Waals surface area contributed by atoms with Crippen LogP contribution >= 0.6 is 0 Å². The molecule has 104 valence electrons. The number of aromatic nitrogens is 2. The lowest BCUT2D eigenvalue weighted by atomic mass is 10.1. The van der Waals surface area contributed by atoms with Gasteiger partial charge in [-0.1, -0.05) is 20.8 Å². The normalized spacial score (nSPS) is 11.3. The van der Waals surface area contributed by atoms with Crippen LogP contribution in [0.1, 0.15) is 39.4 Å². The fraction of sp³-hybridized carbons (Fsp3) is 0.786. The summed E-state index contributed by atoms with van der Waals surface area (Å²) in [5.41, 5.74) is 0. The number of hydrogen-bond acceptors (Lipinski definition) is 3. The van der Waals surface area contributed by atoms with Gasteiger partial charge in [0.05, 0.1) is 13.2 Å². The fourth-order valence-corrected chi connectivity index (χ4v) is 1.72. The molecule has 0 aliphatic rings. The summed E-state index contributed by atoms with van der Waals surface area (Å²) in [7, 11) is 0. The Kier molecular flexibility index (Phi) is 7.69. The van der Waals surface area contributed by atoms with Crippen LogP contribution in [0.15, 0.2) is 12.4 Å². The van der Waals surface area contributed by atoms with Gasteiger partial charge in [-0.05, 0) is 18.8 Å². The van der Waals surface area contributed by atoms with Crippen LogP contribution < -0.4 is 5.32 Å². The van der Waals surface area contributed by atoms with Gasteiger partial charge in [0.2, 0.25) is 0 Å². The Labute approximate surface area is 111 Å². The Hall–Kier alpha value is -0.870. The molecule has 0 saturated heterocycles. The SMILES string of the molecule is CCCn1ccnc1CNCCOCCC(C)C. The van der Waals surface area contributed by atoms with Crippen molar-refractivity contribution in [2.24, 2.45) is 5.92 Å². The molecule has 1 rings (SSSR count). The van der Waals surface area contributed by atoms with Crippen molar-refractivity contribution in [3.8, 4) is 0 Å². The van der Waals surface area contributed by atoms with Gasteiger partial charge in [0, 0.05) is 32.1 Å². The number of ether oxygens (including phenoxy) is 1. The van der Waals surface area contributed by atoms with Crippen molar-refractivity contribution >= 4 is 0 Å². The van der Waals surface area contributed by atoms with E-state index in [0.717, 1.165) is 57.4 Å². The number of hydrogen-bond donors (Lipinski definition) is 1. The van der Waals surface area contributed by atoms with Gasteiger partial charge in [-0.25, -0.2) is 4.98 Å². The molecule has 0 bridgehead atoms. The van der Waals surface area contributed by atoms with E-state index >= 15 is 0 Å². The molecule has 18 heavy (non-hydrogen) atoms. The predicted molar refractivity (Wildman–Crippen MR) is 74.5 cm³/mol. The van der Waals surface area contributed by atoms with Crippen LogP contribution in [0.4, 0.5) is 0 Å². The van der Waals surface area contributed by atoms with E-state index in [2.05, 4.69) is 35.6 Å². The molecule has 0 atom stereocenters. The van der Waals surface area contributed by atoms with Crippen molar-refractivity contribution < 1.29 is 4.74 Å². The quantitative estimate of drug-likeness (QED) is 0.651. The topological polar surface area (TPSA) is 39.1 Å². The highest BCUT2D eigenvalue weighted by Gasteiger charge is 2.00. The zero-order valence-electron chi connectivity index (χ0n) is 12.0. The van der Waals surface area contributed by atoms with Crippen molar-refractivity contribution in [1.82, 2.24) is 14.9 Å². The van der Waals surface area contributed by atoms with E-state index in [1.807, 2.05) is 12.4 Å². The number of nitrogens with zero attached hydrogens (tertiary/aromatic N) is 2. The lowest BCUT2D eigenvalue weighted by Crippen LogP contribution is -2.22. The van der Waals surface area contributed by atoms with Crippen LogP contribution in [0, 0.1) is 5.92 Å². The summed E-state index contributed by atoms with van der Waals surface area (Å²) in [4.78, 5) is 4.35. The molecule has 0 aromatic carbocycles. The van der Waals surface area contributed by atoms with Crippen molar-refractivity contribution in [3.05, 3.63) is 18.2 Å². The number of nitrogens with one attached hydrogen (secondary N) is 1. The minimum absolute atomic E-state index is 0.722. The average Bonchev–Trinajstić information content (AvgIpc) is 2.76. The van der Waals surface area contributed by atoms with E-state index < -0.39 is 0 Å². The van der Waals surface area contributed by atoms with Gasteiger partial charge in [-0.3, -0.25) is 0 Å². The second kappa shape index (κ2) is 9.11. The Morgan fingerprint density at radius 1 is 1.39 bits per heavy atom. The van der Waals surface area contributed by atoms with Crippen molar-refractivity contribution in [2.45, 2.75) is 46.7 Å². The first-order chi connectivity index (χ1) is 8.74. The second-order valence-electron chi connectivity index (χ2n) is 5.01. The fourth-order valence-electron chi connectivity index (χ4n) is 1.72. The summed E-state index contributed by atoms with van der Waals surface area (Å²) < 4.78 is 7.75. The largest absolute Gasteiger partial charge is 0.380 e. The molecule has 0 saturated carbocycles. The van der Waals surface area contributed by atoms with Crippen molar-refractivity contribution in [3.63, 3.8) is 0 Å². The highest BCUT2D eigenvalue weighted by Crippen LogP contribution is 1.99. The summed E-state index contributed by atoms with van der Waals surface area (Å²) in [6, 6.07) is 0. The maximum Gasteiger partial charge on any atom is 0.122 e. The third-order valence-electron chi connectivity index (χ3n) is 2.81. The predicted octanol–water partition coefficient (Wildman–Crippen LogP) is 2.45. The van der Waals surface area contributed by atoms with Gasteiger partial charge in [-0.15, -0.1) is 0 Å². The Morgan fingerprint density at radius 2 is 2.22 bits per heavy atom. The van der Waals surface area contributed by atoms with Gasteiger partial charge < -0.3 is 14.6 Å². The lowest BCUT2D eigenvalue weighted by Gasteiger charge is -2.09. The Bertz CT molecular complexity index is 310. The van der Waals surface area contributed by atoms with Crippen LogP contribution in [-0.4, -0.2) is 29.3 Å². The molecule has 1 N–H and O–H groups in total. The van der Waals surface area contributed by atoms with Crippen LogP contribution in [0.3, 0.4) is 0 Å². The highest BCUT2D eigenvalue weighted by atomic mass is 16.5. The minimum atomic E-state index is 0.722. The van der Waals surface area contributed by atoms with Gasteiger partial charge >= 0.3 is 0 Å². The first-order valence-electron chi connectivity index (χ1n) is 7.02. The third-order valence-corrected chi connectivity index (χ3v) is 2.81. The molecule has 0 unspecified atom stereocenters. The molecular formula is C14H27N3O. The average molecular weight is 253 g/mol. The number of aryl methyl sites for hydroxylation is 1. The molecule has 0 amide bonds. The zero-order valence-corrected chi connectivity index (χ0v) is 12.0. The van der Waals surface area contributed by atoms with Crippen molar-refractivity contribution in [2.75, 3.05) is 19.8 Å². The smallest absolute Gasteiger partial charge is 0.122 e. The van der Waals surface area contributed by atoms with E-state index in [1.54, 1.807) is 0 Å². The molecule has 1 aromatic heterocycles. The van der Waals surface area contributed by atoms with Crippen molar-refractivity contribution in [1.29, 1.82) is 0 Å². The Morgan fingerprint density at radius 3 is 2.94 bits per heavy atom. The van der Waals surface area contributed by atoms with E-state index in [-0.39, 0.29) is 0 Å². The highest BCUT2D eigenvalue weighted by molar-refractivity contribution is 4.91. The van der Waals surface area contributed by atoms with Gasteiger partial charge in [-0.2, -0.15) is 0 Å². The standard InChI is InChI=1S/C14H27N3O/c1-4-8-17-9-6-16-14(17)12-15-7-11-18-10-5-13(2)3/h6,9,13,15H,4-5,7-8,10-12H2,1-3H3. The van der Waals surface area contributed by atoms with Crippen LogP contribution in [-0.2, 0) is 17.8 Å². The molecule has 0 fully saturated rings. The molecule has 0 radical (unpaired) electrons.